The topological polar surface area (TPSA) is 34.1 Å². The highest BCUT2D eigenvalue weighted by molar-refractivity contribution is 7.99. The predicted octanol–water partition coefficient (Wildman–Crippen LogP) is 5.56. The molecule has 0 aliphatic rings. The van der Waals surface area contributed by atoms with Gasteiger partial charge in [0.15, 0.2) is 0 Å². The number of unbranched alkanes of at least 4 members (excludes halogenated alkanes) is 3. The van der Waals surface area contributed by atoms with E-state index in [-0.39, 0.29) is 11.6 Å². The Hall–Kier alpha value is -1.87. The molecular weight excluding hydrogens is 304 g/mol. The van der Waals surface area contributed by atoms with Gasteiger partial charge in [0.2, 0.25) is 11.6 Å². The van der Waals surface area contributed by atoms with Gasteiger partial charge in [-0.05, 0) is 42.8 Å². The summed E-state index contributed by atoms with van der Waals surface area (Å²) in [6.07, 6.45) is 4.43. The van der Waals surface area contributed by atoms with Crippen molar-refractivity contribution in [3.05, 3.63) is 60.2 Å². The molecule has 0 saturated heterocycles. The van der Waals surface area contributed by atoms with E-state index >= 15 is 0 Å². The summed E-state index contributed by atoms with van der Waals surface area (Å²) in [4.78, 5) is 26.3. The maximum absolute atomic E-state index is 12.1. The maximum Gasteiger partial charge on any atom is 0.228 e. The molecule has 0 saturated carbocycles. The van der Waals surface area contributed by atoms with Gasteiger partial charge in [0.25, 0.3) is 0 Å². The number of ketones is 2. The molecule has 0 atom stereocenters. The van der Waals surface area contributed by atoms with Crippen LogP contribution >= 0.6 is 11.8 Å². The second-order valence-corrected chi connectivity index (χ2v) is 6.65. The zero-order valence-electron chi connectivity index (χ0n) is 13.5. The van der Waals surface area contributed by atoms with Gasteiger partial charge < -0.3 is 0 Å². The maximum atomic E-state index is 12.1. The smallest absolute Gasteiger partial charge is 0.228 e. The second kappa shape index (κ2) is 9.31. The monoisotopic (exact) mass is 326 g/mol. The first-order chi connectivity index (χ1) is 11.2. The van der Waals surface area contributed by atoms with E-state index in [4.69, 9.17) is 0 Å². The van der Waals surface area contributed by atoms with E-state index in [1.807, 2.05) is 42.5 Å². The lowest BCUT2D eigenvalue weighted by Gasteiger charge is -2.04. The predicted molar refractivity (Wildman–Crippen MR) is 95.1 cm³/mol. The van der Waals surface area contributed by atoms with Crippen LogP contribution in [0.3, 0.4) is 0 Å². The van der Waals surface area contributed by atoms with Crippen molar-refractivity contribution in [2.75, 3.05) is 0 Å². The summed E-state index contributed by atoms with van der Waals surface area (Å²) >= 11 is 1.64. The van der Waals surface area contributed by atoms with Crippen molar-refractivity contribution in [3.63, 3.8) is 0 Å². The van der Waals surface area contributed by atoms with Gasteiger partial charge in [-0.2, -0.15) is 0 Å². The van der Waals surface area contributed by atoms with Crippen LogP contribution in [0.4, 0.5) is 0 Å². The van der Waals surface area contributed by atoms with Gasteiger partial charge in [0.1, 0.15) is 0 Å². The molecule has 2 nitrogen and oxygen atoms in total. The van der Waals surface area contributed by atoms with Gasteiger partial charge in [-0.1, -0.05) is 56.1 Å². The third kappa shape index (κ3) is 5.68. The van der Waals surface area contributed by atoms with Crippen LogP contribution < -0.4 is 0 Å². The highest BCUT2D eigenvalue weighted by atomic mass is 32.2. The molecule has 0 fully saturated rings. The molecule has 0 heterocycles. The molecule has 2 aromatic carbocycles. The van der Waals surface area contributed by atoms with Crippen LogP contribution in [0.2, 0.25) is 0 Å². The highest BCUT2D eigenvalue weighted by Gasteiger charge is 2.15. The number of carbonyl (C=O) groups is 2. The Morgan fingerprint density at radius 1 is 0.826 bits per heavy atom. The first-order valence-corrected chi connectivity index (χ1v) is 8.93. The Morgan fingerprint density at radius 3 is 2.13 bits per heavy atom. The number of hydrogen-bond donors (Lipinski definition) is 0. The molecular formula is C20H22O2S. The molecule has 0 aliphatic carbocycles. The molecule has 0 aliphatic heterocycles. The van der Waals surface area contributed by atoms with Crippen LogP contribution in [0.5, 0.6) is 0 Å². The normalized spacial score (nSPS) is 10.5. The summed E-state index contributed by atoms with van der Waals surface area (Å²) in [6, 6.07) is 17.4. The van der Waals surface area contributed by atoms with E-state index in [9.17, 15) is 9.59 Å². The van der Waals surface area contributed by atoms with Gasteiger partial charge in [-0.15, -0.1) is 0 Å². The van der Waals surface area contributed by atoms with Crippen molar-refractivity contribution in [1.29, 1.82) is 0 Å². The zero-order valence-corrected chi connectivity index (χ0v) is 14.3. The number of carbonyl (C=O) groups excluding carboxylic acids is 2. The lowest BCUT2D eigenvalue weighted by Crippen LogP contribution is -2.13. The van der Waals surface area contributed by atoms with Gasteiger partial charge in [0, 0.05) is 21.8 Å². The van der Waals surface area contributed by atoms with Crippen LogP contribution in [-0.2, 0) is 4.79 Å². The molecule has 2 aromatic rings. The molecule has 0 unspecified atom stereocenters. The standard InChI is InChI=1S/C20H22O2S/c1-2-3-4-8-11-19(21)20(22)16-12-14-18(15-13-16)23-17-9-6-5-7-10-17/h5-7,9-10,12-15H,2-4,8,11H2,1H3. The average Bonchev–Trinajstić information content (AvgIpc) is 2.59. The molecule has 0 N–H and O–H groups in total. The van der Waals surface area contributed by atoms with E-state index in [2.05, 4.69) is 6.92 Å². The third-order valence-electron chi connectivity index (χ3n) is 3.61. The van der Waals surface area contributed by atoms with Crippen LogP contribution in [0.1, 0.15) is 49.4 Å². The van der Waals surface area contributed by atoms with Crippen molar-refractivity contribution in [2.45, 2.75) is 48.8 Å². The van der Waals surface area contributed by atoms with Gasteiger partial charge in [-0.3, -0.25) is 9.59 Å². The van der Waals surface area contributed by atoms with Crippen LogP contribution in [0, 0.1) is 0 Å². The van der Waals surface area contributed by atoms with Gasteiger partial charge in [0.05, 0.1) is 0 Å². The Kier molecular flexibility index (Phi) is 7.08. The molecule has 0 spiro atoms. The molecule has 0 amide bonds. The van der Waals surface area contributed by atoms with Crippen LogP contribution in [0.15, 0.2) is 64.4 Å². The molecule has 0 aromatic heterocycles. The van der Waals surface area contributed by atoms with Gasteiger partial charge >= 0.3 is 0 Å². The van der Waals surface area contributed by atoms with E-state index in [1.54, 1.807) is 23.9 Å². The lowest BCUT2D eigenvalue weighted by atomic mass is 10.0. The molecule has 0 bridgehead atoms. The van der Waals surface area contributed by atoms with E-state index < -0.39 is 0 Å². The molecule has 0 radical (unpaired) electrons. The SMILES string of the molecule is CCCCCCC(=O)C(=O)c1ccc(Sc2ccccc2)cc1. The summed E-state index contributed by atoms with van der Waals surface area (Å²) in [5, 5.41) is 0. The minimum atomic E-state index is -0.363. The van der Waals surface area contributed by atoms with E-state index in [0.717, 1.165) is 35.5 Å². The minimum Gasteiger partial charge on any atom is -0.290 e. The molecule has 3 heteroatoms. The van der Waals surface area contributed by atoms with E-state index in [0.29, 0.717) is 12.0 Å². The third-order valence-corrected chi connectivity index (χ3v) is 4.62. The van der Waals surface area contributed by atoms with Crippen molar-refractivity contribution >= 4 is 23.3 Å². The van der Waals surface area contributed by atoms with Crippen molar-refractivity contribution < 1.29 is 9.59 Å². The van der Waals surface area contributed by atoms with Crippen LogP contribution in [-0.4, -0.2) is 11.6 Å². The minimum absolute atomic E-state index is 0.274. The summed E-state index contributed by atoms with van der Waals surface area (Å²) in [5.41, 5.74) is 0.489. The van der Waals surface area contributed by atoms with Crippen molar-refractivity contribution in [1.82, 2.24) is 0 Å². The van der Waals surface area contributed by atoms with E-state index in [1.165, 1.54) is 0 Å². The second-order valence-electron chi connectivity index (χ2n) is 5.50. The first-order valence-electron chi connectivity index (χ1n) is 8.11. The zero-order chi connectivity index (χ0) is 16.5. The Morgan fingerprint density at radius 2 is 1.48 bits per heavy atom. The van der Waals surface area contributed by atoms with Crippen molar-refractivity contribution in [3.8, 4) is 0 Å². The fraction of sp³-hybridized carbons (Fsp3) is 0.300. The number of Topliss-reactive ketones (excluding diaryl/α,β-unsaturated/α-hetero) is 2. The first kappa shape index (κ1) is 17.5. The summed E-state index contributed by atoms with van der Waals surface area (Å²) in [5.74, 6) is -0.637. The number of rotatable bonds is 9. The Balaban J connectivity index is 1.90. The number of hydrogen-bond acceptors (Lipinski definition) is 3. The summed E-state index contributed by atoms with van der Waals surface area (Å²) < 4.78 is 0. The lowest BCUT2D eigenvalue weighted by molar-refractivity contribution is -0.115. The Labute approximate surface area is 142 Å². The van der Waals surface area contributed by atoms with Crippen LogP contribution in [0.25, 0.3) is 0 Å². The fourth-order valence-corrected chi connectivity index (χ4v) is 3.12. The largest absolute Gasteiger partial charge is 0.290 e. The highest BCUT2D eigenvalue weighted by Crippen LogP contribution is 2.27. The Bertz CT molecular complexity index is 632. The number of benzene rings is 2. The summed E-state index contributed by atoms with van der Waals surface area (Å²) in [6.45, 7) is 2.13. The molecule has 120 valence electrons. The summed E-state index contributed by atoms with van der Waals surface area (Å²) in [7, 11) is 0. The van der Waals surface area contributed by atoms with Crippen molar-refractivity contribution in [2.24, 2.45) is 0 Å². The molecule has 2 rings (SSSR count). The average molecular weight is 326 g/mol. The van der Waals surface area contributed by atoms with Gasteiger partial charge in [-0.25, -0.2) is 0 Å². The quantitative estimate of drug-likeness (QED) is 0.344. The fourth-order valence-electron chi connectivity index (χ4n) is 2.29. The molecule has 23 heavy (non-hydrogen) atoms.